The molecular weight excluding hydrogens is 477 g/mol. The Bertz CT molecular complexity index is 1230. The van der Waals surface area contributed by atoms with Gasteiger partial charge in [-0.05, 0) is 70.2 Å². The van der Waals surface area contributed by atoms with Crippen molar-refractivity contribution in [1.82, 2.24) is 19.8 Å². The number of hydrogen-bond acceptors (Lipinski definition) is 5. The van der Waals surface area contributed by atoms with Crippen molar-refractivity contribution in [3.05, 3.63) is 89.3 Å². The van der Waals surface area contributed by atoms with Crippen molar-refractivity contribution in [1.29, 1.82) is 0 Å². The maximum atomic E-state index is 14.2. The summed E-state index contributed by atoms with van der Waals surface area (Å²) in [4.78, 5) is 28.7. The van der Waals surface area contributed by atoms with Crippen LogP contribution in [0, 0.1) is 19.7 Å². The van der Waals surface area contributed by atoms with Gasteiger partial charge in [-0.1, -0.05) is 36.4 Å². The topological polar surface area (TPSA) is 52.6 Å². The second-order valence-electron chi connectivity index (χ2n) is 11.0. The summed E-state index contributed by atoms with van der Waals surface area (Å²) in [6.45, 7) is 10.4. The second kappa shape index (κ2) is 11.2. The van der Waals surface area contributed by atoms with Crippen molar-refractivity contribution in [2.45, 2.75) is 64.6 Å². The average Bonchev–Trinajstić information content (AvgIpc) is 2.93. The molecule has 0 N–H and O–H groups in total. The molecule has 0 saturated carbocycles. The lowest BCUT2D eigenvalue weighted by Crippen LogP contribution is -2.58. The fourth-order valence-corrected chi connectivity index (χ4v) is 6.15. The Balaban J connectivity index is 1.23. The van der Waals surface area contributed by atoms with Crippen molar-refractivity contribution >= 4 is 11.6 Å². The van der Waals surface area contributed by atoms with Crippen LogP contribution in [0.3, 0.4) is 0 Å². The molecule has 2 fully saturated rings. The van der Waals surface area contributed by atoms with E-state index < -0.39 is 0 Å². The quantitative estimate of drug-likeness (QED) is 0.440. The molecule has 2 aliphatic rings. The van der Waals surface area contributed by atoms with Gasteiger partial charge in [-0.3, -0.25) is 9.69 Å². The molecule has 38 heavy (non-hydrogen) atoms. The summed E-state index contributed by atoms with van der Waals surface area (Å²) in [6, 6.07) is 17.8. The largest absolute Gasteiger partial charge is 0.364 e. The van der Waals surface area contributed by atoms with Gasteiger partial charge in [0.05, 0.1) is 17.0 Å². The number of benzene rings is 2. The van der Waals surface area contributed by atoms with E-state index in [2.05, 4.69) is 51.0 Å². The van der Waals surface area contributed by atoms with Crippen LogP contribution in [0.15, 0.2) is 60.9 Å². The highest BCUT2D eigenvalue weighted by atomic mass is 19.1. The molecule has 0 atom stereocenters. The molecule has 2 saturated heterocycles. The maximum absolute atomic E-state index is 14.2. The smallest absolute Gasteiger partial charge is 0.257 e. The molecule has 3 aromatic rings. The van der Waals surface area contributed by atoms with Gasteiger partial charge in [-0.2, -0.15) is 0 Å². The third-order valence-electron chi connectivity index (χ3n) is 8.57. The molecule has 7 heteroatoms. The molecule has 1 amide bonds. The molecule has 0 bridgehead atoms. The Morgan fingerprint density at radius 3 is 2.26 bits per heavy atom. The van der Waals surface area contributed by atoms with Gasteiger partial charge in [0.15, 0.2) is 0 Å². The van der Waals surface area contributed by atoms with E-state index in [4.69, 9.17) is 0 Å². The van der Waals surface area contributed by atoms with Crippen LogP contribution in [-0.4, -0.2) is 63.4 Å². The Morgan fingerprint density at radius 2 is 1.63 bits per heavy atom. The van der Waals surface area contributed by atoms with Crippen molar-refractivity contribution < 1.29 is 9.18 Å². The fourth-order valence-electron chi connectivity index (χ4n) is 6.15. The van der Waals surface area contributed by atoms with E-state index in [0.29, 0.717) is 11.6 Å². The van der Waals surface area contributed by atoms with E-state index in [1.807, 2.05) is 30.9 Å². The number of halogens is 1. The summed E-state index contributed by atoms with van der Waals surface area (Å²) < 4.78 is 14.2. The molecule has 200 valence electrons. The molecule has 6 nitrogen and oxygen atoms in total. The van der Waals surface area contributed by atoms with Gasteiger partial charge in [-0.15, -0.1) is 0 Å². The van der Waals surface area contributed by atoms with Crippen LogP contribution in [0.2, 0.25) is 0 Å². The van der Waals surface area contributed by atoms with Crippen molar-refractivity contribution in [2.24, 2.45) is 0 Å². The number of rotatable bonds is 6. The van der Waals surface area contributed by atoms with Crippen molar-refractivity contribution in [2.75, 3.05) is 31.1 Å². The highest BCUT2D eigenvalue weighted by molar-refractivity contribution is 5.96. The van der Waals surface area contributed by atoms with Gasteiger partial charge >= 0.3 is 0 Å². The van der Waals surface area contributed by atoms with Crippen LogP contribution in [0.1, 0.15) is 59.9 Å². The summed E-state index contributed by atoms with van der Waals surface area (Å²) in [5.41, 5.74) is 4.39. The molecule has 0 unspecified atom stereocenters. The van der Waals surface area contributed by atoms with E-state index in [1.54, 1.807) is 12.1 Å². The Hall–Kier alpha value is -3.32. The van der Waals surface area contributed by atoms with Gasteiger partial charge in [-0.25, -0.2) is 14.4 Å². The number of carbonyl (C=O) groups is 1. The first kappa shape index (κ1) is 26.3. The highest BCUT2D eigenvalue weighted by Gasteiger charge is 2.39. The van der Waals surface area contributed by atoms with Crippen LogP contribution in [0.4, 0.5) is 10.1 Å². The normalized spacial score (nSPS) is 18.4. The minimum atomic E-state index is -0.195. The number of anilines is 1. The van der Waals surface area contributed by atoms with Crippen LogP contribution in [-0.2, 0) is 6.54 Å². The summed E-state index contributed by atoms with van der Waals surface area (Å²) in [5, 5.41) is 0. The van der Waals surface area contributed by atoms with Crippen molar-refractivity contribution in [3.63, 3.8) is 0 Å². The summed E-state index contributed by atoms with van der Waals surface area (Å²) in [5.74, 6) is -0.146. The van der Waals surface area contributed by atoms with Gasteiger partial charge in [0, 0.05) is 50.0 Å². The second-order valence-corrected chi connectivity index (χ2v) is 11.0. The molecule has 1 aromatic heterocycles. The molecule has 2 aliphatic heterocycles. The lowest BCUT2D eigenvalue weighted by atomic mass is 9.85. The lowest BCUT2D eigenvalue weighted by molar-refractivity contribution is 0.0170. The van der Waals surface area contributed by atoms with Crippen LogP contribution >= 0.6 is 0 Å². The number of likely N-dealkylation sites (tertiary alicyclic amines) is 2. The van der Waals surface area contributed by atoms with E-state index >= 15 is 0 Å². The average molecular weight is 516 g/mol. The number of piperidine rings is 2. The van der Waals surface area contributed by atoms with Gasteiger partial charge in [0.1, 0.15) is 12.1 Å². The van der Waals surface area contributed by atoms with E-state index in [9.17, 15) is 9.18 Å². The predicted octanol–water partition coefficient (Wildman–Crippen LogP) is 5.40. The number of nitrogens with zero attached hydrogens (tertiary/aromatic N) is 5. The number of amides is 1. The van der Waals surface area contributed by atoms with E-state index in [-0.39, 0.29) is 17.3 Å². The number of hydrogen-bond donors (Lipinski definition) is 0. The zero-order valence-electron chi connectivity index (χ0n) is 22.7. The lowest BCUT2D eigenvalue weighted by Gasteiger charge is -2.50. The molecule has 2 aromatic carbocycles. The third kappa shape index (κ3) is 5.58. The summed E-state index contributed by atoms with van der Waals surface area (Å²) >= 11 is 0. The van der Waals surface area contributed by atoms with E-state index in [0.717, 1.165) is 75.5 Å². The monoisotopic (exact) mass is 515 g/mol. The highest BCUT2D eigenvalue weighted by Crippen LogP contribution is 2.34. The van der Waals surface area contributed by atoms with Crippen LogP contribution in [0.5, 0.6) is 0 Å². The van der Waals surface area contributed by atoms with Gasteiger partial charge in [0.2, 0.25) is 0 Å². The van der Waals surface area contributed by atoms with Crippen LogP contribution in [0.25, 0.3) is 0 Å². The minimum Gasteiger partial charge on any atom is -0.364 e. The van der Waals surface area contributed by atoms with Crippen molar-refractivity contribution in [3.8, 4) is 0 Å². The van der Waals surface area contributed by atoms with E-state index in [1.165, 1.54) is 18.0 Å². The standard InChI is InChI=1S/C31H38FN5O/c1-23-29(24(2)34-22-33-23)30(38)35-18-14-31(3,15-19-35)36-16-12-27(13-17-36)37(21-25-8-5-4-6-9-25)28-11-7-10-26(32)20-28/h4-11,20,22,27H,12-19,21H2,1-3H3. The SMILES string of the molecule is Cc1ncnc(C)c1C(=O)N1CCC(C)(N2CCC(N(Cc3ccccc3)c3cccc(F)c3)CC2)CC1. The first-order valence-electron chi connectivity index (χ1n) is 13.7. The number of aryl methyl sites for hydroxylation is 2. The number of aromatic nitrogens is 2. The minimum absolute atomic E-state index is 0.0491. The molecule has 0 aliphatic carbocycles. The Morgan fingerprint density at radius 1 is 0.974 bits per heavy atom. The summed E-state index contributed by atoms with van der Waals surface area (Å²) in [6.07, 6.45) is 5.48. The third-order valence-corrected chi connectivity index (χ3v) is 8.57. The molecule has 5 rings (SSSR count). The zero-order valence-corrected chi connectivity index (χ0v) is 22.7. The zero-order chi connectivity index (χ0) is 26.7. The van der Waals surface area contributed by atoms with Gasteiger partial charge < -0.3 is 9.80 Å². The Kier molecular flexibility index (Phi) is 7.75. The van der Waals surface area contributed by atoms with Gasteiger partial charge in [0.25, 0.3) is 5.91 Å². The maximum Gasteiger partial charge on any atom is 0.257 e. The first-order chi connectivity index (χ1) is 18.3. The predicted molar refractivity (Wildman–Crippen MR) is 149 cm³/mol. The first-order valence-corrected chi connectivity index (χ1v) is 13.7. The van der Waals surface area contributed by atoms with Crippen LogP contribution < -0.4 is 4.90 Å². The molecular formula is C31H38FN5O. The molecule has 0 spiro atoms. The number of carbonyl (C=O) groups excluding carboxylic acids is 1. The summed E-state index contributed by atoms with van der Waals surface area (Å²) in [7, 11) is 0. The molecule has 0 radical (unpaired) electrons. The fraction of sp³-hybridized carbons (Fsp3) is 0.452. The molecule has 3 heterocycles. The Labute approximate surface area is 225 Å².